The molecule has 0 atom stereocenters. The summed E-state index contributed by atoms with van der Waals surface area (Å²) in [6.45, 7) is 0. The van der Waals surface area contributed by atoms with E-state index in [1.54, 1.807) is 29.3 Å². The van der Waals surface area contributed by atoms with Crippen LogP contribution in [-0.2, 0) is 0 Å². The van der Waals surface area contributed by atoms with Crippen LogP contribution in [0.4, 0.5) is 0 Å². The molecule has 0 aliphatic carbocycles. The number of pyridine rings is 1. The Bertz CT molecular complexity index is 684. The molecule has 0 unspecified atom stereocenters. The Morgan fingerprint density at radius 3 is 2.88 bits per heavy atom. The highest BCUT2D eigenvalue weighted by molar-refractivity contribution is 5.39. The van der Waals surface area contributed by atoms with Crippen molar-refractivity contribution in [3.63, 3.8) is 0 Å². The number of hydrogen-bond acceptors (Lipinski definition) is 3. The van der Waals surface area contributed by atoms with E-state index in [9.17, 15) is 4.79 Å². The summed E-state index contributed by atoms with van der Waals surface area (Å²) in [5, 5.41) is 0. The summed E-state index contributed by atoms with van der Waals surface area (Å²) in [4.78, 5) is 19.8. The molecule has 0 N–H and O–H groups in total. The van der Waals surface area contributed by atoms with Crippen LogP contribution in [0.5, 0.6) is 0 Å². The number of fused-ring (bicyclic) bond motifs is 1. The van der Waals surface area contributed by atoms with Crippen molar-refractivity contribution < 1.29 is 0 Å². The largest absolute Gasteiger partial charge is 0.273 e. The molecule has 5 nitrogen and oxygen atoms in total. The Balaban J connectivity index is 2.38. The third kappa shape index (κ3) is 1.22. The summed E-state index contributed by atoms with van der Waals surface area (Å²) in [7, 11) is 0. The monoisotopic (exact) mass is 212 g/mol. The Kier molecular flexibility index (Phi) is 1.83. The average Bonchev–Trinajstić information content (AvgIpc) is 2.75. The van der Waals surface area contributed by atoms with Crippen LogP contribution >= 0.6 is 0 Å². The van der Waals surface area contributed by atoms with E-state index in [1.807, 2.05) is 12.1 Å². The van der Waals surface area contributed by atoms with Crippen LogP contribution in [0.25, 0.3) is 11.3 Å². The van der Waals surface area contributed by atoms with Gasteiger partial charge in [-0.2, -0.15) is 4.52 Å². The van der Waals surface area contributed by atoms with Crippen molar-refractivity contribution in [2.24, 2.45) is 0 Å². The van der Waals surface area contributed by atoms with Gasteiger partial charge in [-0.05, 0) is 12.1 Å². The molecule has 3 rings (SSSR count). The lowest BCUT2D eigenvalue weighted by Gasteiger charge is -2.04. The quantitative estimate of drug-likeness (QED) is 0.601. The molecule has 0 saturated carbocycles. The normalized spacial score (nSPS) is 10.8. The minimum absolute atomic E-state index is 0.112. The fraction of sp³-hybridized carbons (Fsp3) is 0. The Labute approximate surface area is 90.6 Å². The zero-order valence-electron chi connectivity index (χ0n) is 8.32. The molecule has 0 aliphatic rings. The number of hydrogen-bond donors (Lipinski definition) is 0. The van der Waals surface area contributed by atoms with Gasteiger partial charge in [0.1, 0.15) is 0 Å². The number of rotatable bonds is 1. The minimum Gasteiger partial charge on any atom is -0.267 e. The van der Waals surface area contributed by atoms with Crippen LogP contribution in [0.3, 0.4) is 0 Å². The predicted molar refractivity (Wildman–Crippen MR) is 58.6 cm³/mol. The van der Waals surface area contributed by atoms with Gasteiger partial charge in [0.25, 0.3) is 5.56 Å². The van der Waals surface area contributed by atoms with Crippen molar-refractivity contribution in [1.29, 1.82) is 0 Å². The molecule has 0 aliphatic heterocycles. The lowest BCUT2D eigenvalue weighted by atomic mass is 10.4. The first-order chi connectivity index (χ1) is 7.86. The fourth-order valence-electron chi connectivity index (χ4n) is 1.64. The fourth-order valence-corrected chi connectivity index (χ4v) is 1.64. The van der Waals surface area contributed by atoms with Gasteiger partial charge in [-0.15, -0.1) is 0 Å². The van der Waals surface area contributed by atoms with Crippen LogP contribution in [-0.4, -0.2) is 19.2 Å². The second-order valence-corrected chi connectivity index (χ2v) is 3.32. The second kappa shape index (κ2) is 3.30. The standard InChI is InChI=1S/C11H8N4O/c16-11-3-6-13-10-4-7-14(15(10)11)9-2-1-5-12-8-9/h1-8H. The van der Waals surface area contributed by atoms with Gasteiger partial charge in [-0.25, -0.2) is 4.98 Å². The number of aromatic nitrogens is 4. The number of nitrogens with zero attached hydrogens (tertiary/aromatic N) is 4. The molecular weight excluding hydrogens is 204 g/mol. The van der Waals surface area contributed by atoms with Crippen LogP contribution in [0.2, 0.25) is 0 Å². The van der Waals surface area contributed by atoms with Gasteiger partial charge in [-0.3, -0.25) is 14.5 Å². The summed E-state index contributed by atoms with van der Waals surface area (Å²) < 4.78 is 3.22. The lowest BCUT2D eigenvalue weighted by molar-refractivity contribution is 0.761. The first-order valence-corrected chi connectivity index (χ1v) is 4.82. The van der Waals surface area contributed by atoms with Crippen molar-refractivity contribution in [1.82, 2.24) is 19.2 Å². The summed E-state index contributed by atoms with van der Waals surface area (Å²) in [5.74, 6) is 0. The highest BCUT2D eigenvalue weighted by Crippen LogP contribution is 2.06. The van der Waals surface area contributed by atoms with Crippen LogP contribution in [0.15, 0.2) is 53.8 Å². The second-order valence-electron chi connectivity index (χ2n) is 3.32. The maximum Gasteiger partial charge on any atom is 0.273 e. The Morgan fingerprint density at radius 1 is 1.12 bits per heavy atom. The van der Waals surface area contributed by atoms with Crippen molar-refractivity contribution >= 4 is 5.65 Å². The van der Waals surface area contributed by atoms with Crippen LogP contribution in [0.1, 0.15) is 0 Å². The molecule has 0 amide bonds. The van der Waals surface area contributed by atoms with Crippen molar-refractivity contribution in [2.45, 2.75) is 0 Å². The molecule has 0 fully saturated rings. The molecule has 3 heterocycles. The molecule has 3 aromatic rings. The summed E-state index contributed by atoms with van der Waals surface area (Å²) in [5.41, 5.74) is 1.34. The molecule has 0 bridgehead atoms. The molecule has 0 saturated heterocycles. The Morgan fingerprint density at radius 2 is 2.06 bits per heavy atom. The van der Waals surface area contributed by atoms with Gasteiger partial charge < -0.3 is 0 Å². The van der Waals surface area contributed by atoms with Gasteiger partial charge in [-0.1, -0.05) is 0 Å². The van der Waals surface area contributed by atoms with Crippen molar-refractivity contribution in [3.05, 3.63) is 59.4 Å². The van der Waals surface area contributed by atoms with E-state index >= 15 is 0 Å². The van der Waals surface area contributed by atoms with E-state index in [1.165, 1.54) is 16.8 Å². The van der Waals surface area contributed by atoms with Crippen LogP contribution < -0.4 is 5.56 Å². The van der Waals surface area contributed by atoms with Gasteiger partial charge in [0, 0.05) is 30.7 Å². The molecule has 0 radical (unpaired) electrons. The van der Waals surface area contributed by atoms with E-state index in [0.717, 1.165) is 5.69 Å². The van der Waals surface area contributed by atoms with Gasteiger partial charge >= 0.3 is 0 Å². The molecule has 5 heteroatoms. The molecular formula is C11H8N4O. The zero-order chi connectivity index (χ0) is 11.0. The van der Waals surface area contributed by atoms with Crippen molar-refractivity contribution in [3.8, 4) is 5.69 Å². The first kappa shape index (κ1) is 8.84. The van der Waals surface area contributed by atoms with E-state index < -0.39 is 0 Å². The van der Waals surface area contributed by atoms with Crippen molar-refractivity contribution in [2.75, 3.05) is 0 Å². The Hall–Kier alpha value is -2.43. The minimum atomic E-state index is -0.112. The predicted octanol–water partition coefficient (Wildman–Crippen LogP) is 0.880. The van der Waals surface area contributed by atoms with E-state index in [0.29, 0.717) is 5.65 Å². The maximum atomic E-state index is 11.7. The summed E-state index contributed by atoms with van der Waals surface area (Å²) in [6.07, 6.45) is 6.68. The van der Waals surface area contributed by atoms with E-state index in [2.05, 4.69) is 9.97 Å². The van der Waals surface area contributed by atoms with Crippen LogP contribution in [0, 0.1) is 0 Å². The molecule has 16 heavy (non-hydrogen) atoms. The summed E-state index contributed by atoms with van der Waals surface area (Å²) in [6, 6.07) is 6.92. The molecule has 3 aromatic heterocycles. The average molecular weight is 212 g/mol. The van der Waals surface area contributed by atoms with E-state index in [-0.39, 0.29) is 5.56 Å². The third-order valence-electron chi connectivity index (χ3n) is 2.34. The smallest absolute Gasteiger partial charge is 0.267 e. The highest BCUT2D eigenvalue weighted by atomic mass is 16.1. The summed E-state index contributed by atoms with van der Waals surface area (Å²) >= 11 is 0. The lowest BCUT2D eigenvalue weighted by Crippen LogP contribution is -2.18. The molecule has 0 spiro atoms. The first-order valence-electron chi connectivity index (χ1n) is 4.82. The topological polar surface area (TPSA) is 52.2 Å². The highest BCUT2D eigenvalue weighted by Gasteiger charge is 2.04. The maximum absolute atomic E-state index is 11.7. The van der Waals surface area contributed by atoms with Gasteiger partial charge in [0.15, 0.2) is 5.65 Å². The third-order valence-corrected chi connectivity index (χ3v) is 2.34. The zero-order valence-corrected chi connectivity index (χ0v) is 8.32. The molecule has 0 aromatic carbocycles. The SMILES string of the molecule is O=c1ccnc2ccn(-c3cccnc3)n12. The van der Waals surface area contributed by atoms with E-state index in [4.69, 9.17) is 0 Å². The molecule has 78 valence electrons. The van der Waals surface area contributed by atoms with Gasteiger partial charge in [0.2, 0.25) is 0 Å². The van der Waals surface area contributed by atoms with Gasteiger partial charge in [0.05, 0.1) is 11.9 Å².